The molecule has 1 unspecified atom stereocenters. The quantitative estimate of drug-likeness (QED) is 0.867. The minimum Gasteiger partial charge on any atom is -0.469 e. The first kappa shape index (κ1) is 14.5. The Morgan fingerprint density at radius 1 is 1.42 bits per heavy atom. The van der Waals surface area contributed by atoms with Crippen LogP contribution in [0.2, 0.25) is 0 Å². The van der Waals surface area contributed by atoms with Crippen molar-refractivity contribution in [1.82, 2.24) is 4.98 Å². The van der Waals surface area contributed by atoms with Crippen molar-refractivity contribution in [2.45, 2.75) is 31.8 Å². The highest BCUT2D eigenvalue weighted by Gasteiger charge is 2.31. The van der Waals surface area contributed by atoms with E-state index in [0.29, 0.717) is 5.69 Å². The molecule has 1 fully saturated rings. The summed E-state index contributed by atoms with van der Waals surface area (Å²) in [6.45, 7) is 0. The third-order valence-electron chi connectivity index (χ3n) is 3.81. The first-order valence-electron chi connectivity index (χ1n) is 6.49. The number of ether oxygens (including phenoxy) is 1. The third-order valence-corrected chi connectivity index (χ3v) is 4.28. The summed E-state index contributed by atoms with van der Waals surface area (Å²) in [4.78, 5) is 15.7. The van der Waals surface area contributed by atoms with Crippen LogP contribution in [0, 0.1) is 11.8 Å². The molecule has 1 aliphatic carbocycles. The fourth-order valence-corrected chi connectivity index (χ4v) is 2.88. The van der Waals surface area contributed by atoms with Gasteiger partial charge >= 0.3 is 5.97 Å². The summed E-state index contributed by atoms with van der Waals surface area (Å²) in [5, 5.41) is 10.3. The number of pyridine rings is 1. The lowest BCUT2D eigenvalue weighted by Gasteiger charge is -2.29. The molecule has 104 valence electrons. The van der Waals surface area contributed by atoms with Gasteiger partial charge in [0.25, 0.3) is 0 Å². The molecule has 0 aliphatic heterocycles. The van der Waals surface area contributed by atoms with Crippen LogP contribution in [0.15, 0.2) is 22.8 Å². The zero-order chi connectivity index (χ0) is 13.8. The van der Waals surface area contributed by atoms with E-state index in [0.717, 1.165) is 30.2 Å². The fraction of sp³-hybridized carbons (Fsp3) is 0.571. The van der Waals surface area contributed by atoms with E-state index in [1.54, 1.807) is 6.20 Å². The van der Waals surface area contributed by atoms with Crippen molar-refractivity contribution in [3.05, 3.63) is 28.5 Å². The number of hydrogen-bond acceptors (Lipinski definition) is 4. The van der Waals surface area contributed by atoms with Crippen LogP contribution in [0.25, 0.3) is 0 Å². The van der Waals surface area contributed by atoms with Crippen molar-refractivity contribution in [3.8, 4) is 0 Å². The minimum absolute atomic E-state index is 0.00803. The summed E-state index contributed by atoms with van der Waals surface area (Å²) in [6, 6.07) is 3.72. The summed E-state index contributed by atoms with van der Waals surface area (Å²) in [5.74, 6) is 0.0376. The molecule has 0 saturated heterocycles. The summed E-state index contributed by atoms with van der Waals surface area (Å²) in [5.41, 5.74) is 0.699. The number of nitrogens with zero attached hydrogens (tertiary/aromatic N) is 1. The summed E-state index contributed by atoms with van der Waals surface area (Å²) in [7, 11) is 1.43. The van der Waals surface area contributed by atoms with Gasteiger partial charge in [-0.15, -0.1) is 0 Å². The van der Waals surface area contributed by atoms with Gasteiger partial charge in [-0.3, -0.25) is 9.78 Å². The van der Waals surface area contributed by atoms with Gasteiger partial charge in [0.2, 0.25) is 0 Å². The number of halogens is 1. The zero-order valence-corrected chi connectivity index (χ0v) is 12.5. The Morgan fingerprint density at radius 2 is 2.11 bits per heavy atom. The highest BCUT2D eigenvalue weighted by Crippen LogP contribution is 2.36. The van der Waals surface area contributed by atoms with E-state index in [1.807, 2.05) is 12.1 Å². The predicted octanol–water partition coefficient (Wildman–Crippen LogP) is 2.86. The van der Waals surface area contributed by atoms with Crippen molar-refractivity contribution in [3.63, 3.8) is 0 Å². The molecule has 1 heterocycles. The Hall–Kier alpha value is -0.940. The lowest BCUT2D eigenvalue weighted by atomic mass is 9.78. The van der Waals surface area contributed by atoms with Crippen LogP contribution in [0.1, 0.15) is 37.5 Å². The molecule has 0 radical (unpaired) electrons. The van der Waals surface area contributed by atoms with E-state index in [-0.39, 0.29) is 17.8 Å². The molecular formula is C14H18BrNO3. The van der Waals surface area contributed by atoms with Gasteiger partial charge < -0.3 is 9.84 Å². The Morgan fingerprint density at radius 3 is 2.63 bits per heavy atom. The van der Waals surface area contributed by atoms with Crippen LogP contribution < -0.4 is 0 Å². The van der Waals surface area contributed by atoms with E-state index < -0.39 is 6.10 Å². The average Bonchev–Trinajstić information content (AvgIpc) is 2.46. The second-order valence-electron chi connectivity index (χ2n) is 4.98. The average molecular weight is 328 g/mol. The van der Waals surface area contributed by atoms with Crippen LogP contribution in [0.5, 0.6) is 0 Å². The molecule has 1 atom stereocenters. The minimum atomic E-state index is -0.549. The van der Waals surface area contributed by atoms with Crippen LogP contribution >= 0.6 is 15.9 Å². The zero-order valence-electron chi connectivity index (χ0n) is 10.9. The lowest BCUT2D eigenvalue weighted by molar-refractivity contribution is -0.147. The largest absolute Gasteiger partial charge is 0.469 e. The van der Waals surface area contributed by atoms with Gasteiger partial charge in [0, 0.05) is 10.7 Å². The van der Waals surface area contributed by atoms with Crippen LogP contribution in [-0.2, 0) is 9.53 Å². The van der Waals surface area contributed by atoms with Gasteiger partial charge in [-0.05, 0) is 59.7 Å². The van der Waals surface area contributed by atoms with Gasteiger partial charge in [0.15, 0.2) is 0 Å². The smallest absolute Gasteiger partial charge is 0.308 e. The van der Waals surface area contributed by atoms with Crippen LogP contribution in [-0.4, -0.2) is 23.2 Å². The van der Waals surface area contributed by atoms with Crippen molar-refractivity contribution in [2.24, 2.45) is 11.8 Å². The molecule has 0 aromatic carbocycles. The Labute approximate surface area is 121 Å². The van der Waals surface area contributed by atoms with Crippen molar-refractivity contribution >= 4 is 21.9 Å². The molecule has 1 aliphatic rings. The number of carbonyl (C=O) groups is 1. The Kier molecular flexibility index (Phi) is 4.93. The fourth-order valence-electron chi connectivity index (χ4n) is 2.64. The normalized spacial score (nSPS) is 24.8. The number of hydrogen-bond donors (Lipinski definition) is 1. The first-order valence-corrected chi connectivity index (χ1v) is 7.28. The number of carbonyl (C=O) groups excluding carboxylic acids is 1. The molecular weight excluding hydrogens is 310 g/mol. The van der Waals surface area contributed by atoms with Crippen molar-refractivity contribution < 1.29 is 14.6 Å². The number of rotatable bonds is 3. The van der Waals surface area contributed by atoms with Crippen molar-refractivity contribution in [1.29, 1.82) is 0 Å². The summed E-state index contributed by atoms with van der Waals surface area (Å²) >= 11 is 3.33. The lowest BCUT2D eigenvalue weighted by Crippen LogP contribution is -2.26. The van der Waals surface area contributed by atoms with E-state index in [1.165, 1.54) is 7.11 Å². The third kappa shape index (κ3) is 3.54. The number of methoxy groups -OCH3 is 1. The molecule has 1 aromatic heterocycles. The molecule has 2 rings (SSSR count). The highest BCUT2D eigenvalue weighted by atomic mass is 79.9. The van der Waals surface area contributed by atoms with Crippen LogP contribution in [0.4, 0.5) is 0 Å². The maximum absolute atomic E-state index is 11.4. The second kappa shape index (κ2) is 6.48. The van der Waals surface area contributed by atoms with Crippen molar-refractivity contribution in [2.75, 3.05) is 7.11 Å². The highest BCUT2D eigenvalue weighted by molar-refractivity contribution is 9.10. The number of aliphatic hydroxyl groups excluding tert-OH is 1. The number of aromatic nitrogens is 1. The van der Waals surface area contributed by atoms with Gasteiger partial charge in [0.1, 0.15) is 0 Å². The Balaban J connectivity index is 1.94. The first-order chi connectivity index (χ1) is 9.11. The standard InChI is InChI=1S/C14H18BrNO3/c1-19-14(18)10-4-2-9(3-5-10)13(17)12-7-6-11(15)8-16-12/h6-10,13,17H,2-5H2,1H3. The maximum atomic E-state index is 11.4. The van der Waals surface area contributed by atoms with Gasteiger partial charge in [-0.1, -0.05) is 0 Å². The molecule has 4 nitrogen and oxygen atoms in total. The molecule has 5 heteroatoms. The molecule has 1 saturated carbocycles. The van der Waals surface area contributed by atoms with E-state index in [2.05, 4.69) is 20.9 Å². The monoisotopic (exact) mass is 327 g/mol. The van der Waals surface area contributed by atoms with E-state index in [4.69, 9.17) is 4.74 Å². The summed E-state index contributed by atoms with van der Waals surface area (Å²) in [6.07, 6.45) is 4.37. The molecule has 0 spiro atoms. The van der Waals surface area contributed by atoms with Gasteiger partial charge in [0.05, 0.1) is 24.8 Å². The van der Waals surface area contributed by atoms with E-state index >= 15 is 0 Å². The molecule has 1 N–H and O–H groups in total. The second-order valence-corrected chi connectivity index (χ2v) is 5.90. The van der Waals surface area contributed by atoms with E-state index in [9.17, 15) is 9.90 Å². The molecule has 0 bridgehead atoms. The number of esters is 1. The maximum Gasteiger partial charge on any atom is 0.308 e. The number of aliphatic hydroxyl groups is 1. The molecule has 0 amide bonds. The van der Waals surface area contributed by atoms with Gasteiger partial charge in [-0.25, -0.2) is 0 Å². The van der Waals surface area contributed by atoms with Gasteiger partial charge in [-0.2, -0.15) is 0 Å². The van der Waals surface area contributed by atoms with Crippen LogP contribution in [0.3, 0.4) is 0 Å². The Bertz CT molecular complexity index is 427. The topological polar surface area (TPSA) is 59.4 Å². The summed E-state index contributed by atoms with van der Waals surface area (Å²) < 4.78 is 5.67. The predicted molar refractivity (Wildman–Crippen MR) is 74.4 cm³/mol. The molecule has 19 heavy (non-hydrogen) atoms. The molecule has 1 aromatic rings. The SMILES string of the molecule is COC(=O)C1CCC(C(O)c2ccc(Br)cn2)CC1.